The molecule has 1 aliphatic rings. The van der Waals surface area contributed by atoms with E-state index in [-0.39, 0.29) is 0 Å². The maximum absolute atomic E-state index is 9.10. The van der Waals surface area contributed by atoms with Crippen molar-refractivity contribution in [3.63, 3.8) is 0 Å². The van der Waals surface area contributed by atoms with E-state index in [4.69, 9.17) is 19.8 Å². The monoisotopic (exact) mass is 504 g/mol. The number of carboxylic acid groups (broad SMARTS) is 2. The van der Waals surface area contributed by atoms with E-state index < -0.39 is 11.9 Å². The first-order chi connectivity index (χ1) is 17.4. The number of rotatable bonds is 7. The molecule has 0 amide bonds. The first kappa shape index (κ1) is 25.3. The Kier molecular flexibility index (Phi) is 8.24. The van der Waals surface area contributed by atoms with Crippen molar-refractivity contribution >= 4 is 46.1 Å². The lowest BCUT2D eigenvalue weighted by Gasteiger charge is -2.34. The minimum Gasteiger partial charge on any atom is -0.473 e. The quantitative estimate of drug-likeness (QED) is 0.245. The summed E-state index contributed by atoms with van der Waals surface area (Å²) in [6.07, 6.45) is 1.94. The van der Waals surface area contributed by atoms with Crippen molar-refractivity contribution in [3.05, 3.63) is 79.1 Å². The van der Waals surface area contributed by atoms with Crippen molar-refractivity contribution in [2.45, 2.75) is 23.3 Å². The number of anilines is 2. The second-order valence-corrected chi connectivity index (χ2v) is 9.58. The maximum Gasteiger partial charge on any atom is 0.414 e. The van der Waals surface area contributed by atoms with Gasteiger partial charge in [-0.1, -0.05) is 55.1 Å². The summed E-state index contributed by atoms with van der Waals surface area (Å²) in [4.78, 5) is 27.8. The SMILES string of the molecule is CC(CNCCn1cnc2ccccc21)CN1c2ccccc2Sc2ccccc21.O=C(O)C(=O)O. The van der Waals surface area contributed by atoms with Crippen LogP contribution in [-0.2, 0) is 16.1 Å². The van der Waals surface area contributed by atoms with Gasteiger partial charge in [0.1, 0.15) is 0 Å². The van der Waals surface area contributed by atoms with Gasteiger partial charge in [-0.05, 0) is 48.9 Å². The first-order valence-corrected chi connectivity index (χ1v) is 12.5. The standard InChI is InChI=1S/C25H26N4S.C2H2O4/c1-19(16-26-14-15-28-18-27-20-8-2-3-9-21(20)28)17-29-22-10-4-6-12-24(22)30-25-13-7-5-11-23(25)29;3-1(4)2(5)6/h2-13,18-19,26H,14-17H2,1H3;(H,3,4)(H,5,6). The molecule has 8 nitrogen and oxygen atoms in total. The Balaban J connectivity index is 0.000000455. The van der Waals surface area contributed by atoms with Gasteiger partial charge in [-0.2, -0.15) is 0 Å². The molecule has 0 saturated carbocycles. The number of aliphatic carboxylic acids is 2. The average Bonchev–Trinajstić information content (AvgIpc) is 3.30. The molecule has 186 valence electrons. The zero-order valence-corrected chi connectivity index (χ0v) is 20.7. The molecular weight excluding hydrogens is 476 g/mol. The fourth-order valence-corrected chi connectivity index (χ4v) is 5.19. The largest absolute Gasteiger partial charge is 0.473 e. The van der Waals surface area contributed by atoms with Crippen molar-refractivity contribution in [1.29, 1.82) is 0 Å². The molecule has 0 aliphatic carbocycles. The van der Waals surface area contributed by atoms with Gasteiger partial charge < -0.3 is 25.0 Å². The lowest BCUT2D eigenvalue weighted by Crippen LogP contribution is -2.33. The Bertz CT molecular complexity index is 1300. The van der Waals surface area contributed by atoms with E-state index in [0.717, 1.165) is 31.7 Å². The third-order valence-electron chi connectivity index (χ3n) is 5.76. The summed E-state index contributed by atoms with van der Waals surface area (Å²) in [7, 11) is 0. The number of aromatic nitrogens is 2. The molecule has 4 aromatic rings. The smallest absolute Gasteiger partial charge is 0.414 e. The number of carboxylic acids is 2. The zero-order valence-electron chi connectivity index (χ0n) is 19.9. The van der Waals surface area contributed by atoms with Crippen molar-refractivity contribution < 1.29 is 19.8 Å². The van der Waals surface area contributed by atoms with Crippen molar-refractivity contribution in [2.24, 2.45) is 5.92 Å². The van der Waals surface area contributed by atoms with E-state index in [1.807, 2.05) is 24.2 Å². The highest BCUT2D eigenvalue weighted by molar-refractivity contribution is 7.99. The van der Waals surface area contributed by atoms with Gasteiger partial charge in [0.05, 0.1) is 28.7 Å². The predicted molar refractivity (Wildman–Crippen MR) is 141 cm³/mol. The summed E-state index contributed by atoms with van der Waals surface area (Å²) < 4.78 is 2.22. The molecule has 2 heterocycles. The summed E-state index contributed by atoms with van der Waals surface area (Å²) >= 11 is 1.87. The molecule has 1 aromatic heterocycles. The lowest BCUT2D eigenvalue weighted by atomic mass is 10.1. The van der Waals surface area contributed by atoms with Gasteiger partial charge in [0.15, 0.2) is 0 Å². The summed E-state index contributed by atoms with van der Waals surface area (Å²) in [5.41, 5.74) is 4.90. The van der Waals surface area contributed by atoms with Crippen LogP contribution in [0.5, 0.6) is 0 Å². The summed E-state index contributed by atoms with van der Waals surface area (Å²) in [5, 5.41) is 18.4. The topological polar surface area (TPSA) is 108 Å². The van der Waals surface area contributed by atoms with Crippen LogP contribution in [0.25, 0.3) is 11.0 Å². The molecular formula is C27H28N4O4S. The van der Waals surface area contributed by atoms with Gasteiger partial charge >= 0.3 is 11.9 Å². The highest BCUT2D eigenvalue weighted by Crippen LogP contribution is 2.47. The number of para-hydroxylation sites is 4. The van der Waals surface area contributed by atoms with E-state index in [1.54, 1.807) is 0 Å². The van der Waals surface area contributed by atoms with E-state index in [1.165, 1.54) is 26.7 Å². The van der Waals surface area contributed by atoms with Gasteiger partial charge in [0.2, 0.25) is 0 Å². The van der Waals surface area contributed by atoms with Crippen LogP contribution in [0.3, 0.4) is 0 Å². The fraction of sp³-hybridized carbons (Fsp3) is 0.222. The minimum absolute atomic E-state index is 0.522. The maximum atomic E-state index is 9.10. The average molecular weight is 505 g/mol. The third kappa shape index (κ3) is 6.05. The van der Waals surface area contributed by atoms with Gasteiger partial charge in [0, 0.05) is 29.4 Å². The van der Waals surface area contributed by atoms with Crippen molar-refractivity contribution in [3.8, 4) is 0 Å². The second-order valence-electron chi connectivity index (χ2n) is 8.49. The first-order valence-electron chi connectivity index (χ1n) is 11.6. The number of hydrogen-bond donors (Lipinski definition) is 3. The number of carbonyl (C=O) groups is 2. The number of benzene rings is 3. The Morgan fingerprint density at radius 3 is 2.14 bits per heavy atom. The number of imidazole rings is 1. The second kappa shape index (κ2) is 11.7. The predicted octanol–water partition coefficient (Wildman–Crippen LogP) is 4.72. The minimum atomic E-state index is -1.82. The van der Waals surface area contributed by atoms with Crippen LogP contribution in [0.1, 0.15) is 6.92 Å². The van der Waals surface area contributed by atoms with E-state index in [9.17, 15) is 0 Å². The molecule has 0 spiro atoms. The van der Waals surface area contributed by atoms with Crippen LogP contribution in [0.2, 0.25) is 0 Å². The van der Waals surface area contributed by atoms with E-state index in [0.29, 0.717) is 5.92 Å². The molecule has 0 fully saturated rings. The molecule has 3 N–H and O–H groups in total. The number of hydrogen-bond acceptors (Lipinski definition) is 6. The van der Waals surface area contributed by atoms with Gasteiger partial charge in [-0.3, -0.25) is 0 Å². The number of nitrogens with zero attached hydrogens (tertiary/aromatic N) is 3. The molecule has 1 atom stereocenters. The molecule has 0 saturated heterocycles. The third-order valence-corrected chi connectivity index (χ3v) is 6.89. The normalized spacial score (nSPS) is 12.8. The van der Waals surface area contributed by atoms with Crippen molar-refractivity contribution in [2.75, 3.05) is 24.5 Å². The molecule has 5 rings (SSSR count). The highest BCUT2D eigenvalue weighted by atomic mass is 32.2. The van der Waals surface area contributed by atoms with Crippen LogP contribution < -0.4 is 10.2 Å². The molecule has 3 aromatic carbocycles. The summed E-state index contributed by atoms with van der Waals surface area (Å²) in [6.45, 7) is 6.18. The van der Waals surface area contributed by atoms with Crippen LogP contribution >= 0.6 is 11.8 Å². The van der Waals surface area contributed by atoms with Crippen molar-refractivity contribution in [1.82, 2.24) is 14.9 Å². The molecule has 0 bridgehead atoms. The summed E-state index contributed by atoms with van der Waals surface area (Å²) in [5.74, 6) is -3.13. The molecule has 9 heteroatoms. The van der Waals surface area contributed by atoms with E-state index >= 15 is 0 Å². The Morgan fingerprint density at radius 2 is 1.50 bits per heavy atom. The Morgan fingerprint density at radius 1 is 0.917 bits per heavy atom. The zero-order chi connectivity index (χ0) is 25.5. The van der Waals surface area contributed by atoms with Crippen LogP contribution in [0, 0.1) is 5.92 Å². The summed E-state index contributed by atoms with van der Waals surface area (Å²) in [6, 6.07) is 25.8. The molecule has 36 heavy (non-hydrogen) atoms. The van der Waals surface area contributed by atoms with Crippen LogP contribution in [-0.4, -0.2) is 51.3 Å². The Hall–Kier alpha value is -3.82. The number of nitrogens with one attached hydrogen (secondary N) is 1. The highest BCUT2D eigenvalue weighted by Gasteiger charge is 2.23. The Labute approximate surface area is 213 Å². The van der Waals surface area contributed by atoms with Gasteiger partial charge in [0.25, 0.3) is 0 Å². The number of fused-ring (bicyclic) bond motifs is 3. The molecule has 1 aliphatic heterocycles. The van der Waals surface area contributed by atoms with Crippen LogP contribution in [0.15, 0.2) is 88.9 Å². The lowest BCUT2D eigenvalue weighted by molar-refractivity contribution is -0.159. The molecule has 0 radical (unpaired) electrons. The van der Waals surface area contributed by atoms with E-state index in [2.05, 4.69) is 93.4 Å². The van der Waals surface area contributed by atoms with Gasteiger partial charge in [-0.15, -0.1) is 0 Å². The van der Waals surface area contributed by atoms with Crippen LogP contribution in [0.4, 0.5) is 11.4 Å². The fourth-order valence-electron chi connectivity index (χ4n) is 4.09. The van der Waals surface area contributed by atoms with Gasteiger partial charge in [-0.25, -0.2) is 14.6 Å². The molecule has 1 unspecified atom stereocenters.